The predicted molar refractivity (Wildman–Crippen MR) is 71.9 cm³/mol. The molecule has 18 heavy (non-hydrogen) atoms. The summed E-state index contributed by atoms with van der Waals surface area (Å²) in [4.78, 5) is 0. The first-order valence-electron chi connectivity index (χ1n) is 5.67. The molecule has 0 aromatic heterocycles. The minimum absolute atomic E-state index is 0.205. The van der Waals surface area contributed by atoms with Crippen LogP contribution in [0, 0.1) is 0 Å². The van der Waals surface area contributed by atoms with Crippen LogP contribution < -0.4 is 4.74 Å². The maximum Gasteiger partial charge on any atom is 0.160 e. The van der Waals surface area contributed by atoms with E-state index in [0.29, 0.717) is 33.8 Å². The van der Waals surface area contributed by atoms with Crippen LogP contribution >= 0.6 is 34.8 Å². The fraction of sp³-hybridized carbons (Fsp3) is 0.500. The zero-order valence-electron chi connectivity index (χ0n) is 9.63. The Hall–Kier alpha value is -0.190. The molecule has 1 aliphatic heterocycles. The normalized spacial score (nSPS) is 16.8. The highest BCUT2D eigenvalue weighted by atomic mass is 35.5. The van der Waals surface area contributed by atoms with E-state index in [2.05, 4.69) is 0 Å². The lowest BCUT2D eigenvalue weighted by Gasteiger charge is -2.23. The molecule has 3 nitrogen and oxygen atoms in total. The Kier molecular flexibility index (Phi) is 5.39. The quantitative estimate of drug-likeness (QED) is 0.835. The van der Waals surface area contributed by atoms with Crippen molar-refractivity contribution in [2.75, 3.05) is 19.8 Å². The van der Waals surface area contributed by atoms with E-state index in [9.17, 15) is 0 Å². The summed E-state index contributed by atoms with van der Waals surface area (Å²) in [5.74, 6) is 0.443. The molecule has 6 heteroatoms. The first kappa shape index (κ1) is 14.2. The standard InChI is InChI=1S/C12H13Cl3O3/c13-8-6-9(14)12(10(15)7-8)18-5-2-11-16-3-1-4-17-11/h6-7,11H,1-5H2. The Labute approximate surface area is 121 Å². The van der Waals surface area contributed by atoms with Gasteiger partial charge in [0.15, 0.2) is 12.0 Å². The van der Waals surface area contributed by atoms with Crippen LogP contribution in [0.2, 0.25) is 15.1 Å². The van der Waals surface area contributed by atoms with Crippen molar-refractivity contribution in [3.8, 4) is 5.75 Å². The highest BCUT2D eigenvalue weighted by Gasteiger charge is 2.15. The molecular weight excluding hydrogens is 298 g/mol. The third-order valence-corrected chi connectivity index (χ3v) is 3.24. The molecule has 0 amide bonds. The van der Waals surface area contributed by atoms with Gasteiger partial charge in [0.2, 0.25) is 0 Å². The average molecular weight is 312 g/mol. The van der Waals surface area contributed by atoms with Crippen molar-refractivity contribution in [2.45, 2.75) is 19.1 Å². The van der Waals surface area contributed by atoms with E-state index in [1.54, 1.807) is 12.1 Å². The van der Waals surface area contributed by atoms with Gasteiger partial charge >= 0.3 is 0 Å². The summed E-state index contributed by atoms with van der Waals surface area (Å²) in [6.45, 7) is 1.88. The lowest BCUT2D eigenvalue weighted by molar-refractivity contribution is -0.183. The minimum atomic E-state index is -0.205. The summed E-state index contributed by atoms with van der Waals surface area (Å²) < 4.78 is 16.4. The van der Waals surface area contributed by atoms with Gasteiger partial charge in [0, 0.05) is 11.4 Å². The van der Waals surface area contributed by atoms with E-state index in [4.69, 9.17) is 49.0 Å². The second kappa shape index (κ2) is 6.83. The summed E-state index contributed by atoms with van der Waals surface area (Å²) in [6, 6.07) is 3.19. The lowest BCUT2D eigenvalue weighted by atomic mass is 10.3. The van der Waals surface area contributed by atoms with Gasteiger partial charge in [0.25, 0.3) is 0 Å². The third-order valence-electron chi connectivity index (χ3n) is 2.46. The number of halogens is 3. The maximum absolute atomic E-state index is 6.00. The summed E-state index contributed by atoms with van der Waals surface area (Å²) >= 11 is 17.8. The van der Waals surface area contributed by atoms with Crippen LogP contribution in [0.25, 0.3) is 0 Å². The molecular formula is C12H13Cl3O3. The Morgan fingerprint density at radius 3 is 2.33 bits per heavy atom. The van der Waals surface area contributed by atoms with Gasteiger partial charge in [-0.3, -0.25) is 0 Å². The molecule has 0 bridgehead atoms. The van der Waals surface area contributed by atoms with Gasteiger partial charge in [-0.2, -0.15) is 0 Å². The highest BCUT2D eigenvalue weighted by molar-refractivity contribution is 6.40. The van der Waals surface area contributed by atoms with Crippen LogP contribution in [-0.4, -0.2) is 26.1 Å². The third kappa shape index (κ3) is 3.90. The van der Waals surface area contributed by atoms with E-state index < -0.39 is 0 Å². The summed E-state index contributed by atoms with van der Waals surface area (Å²) in [6.07, 6.45) is 1.37. The van der Waals surface area contributed by atoms with Crippen molar-refractivity contribution >= 4 is 34.8 Å². The second-order valence-electron chi connectivity index (χ2n) is 3.86. The number of ether oxygens (including phenoxy) is 3. The Balaban J connectivity index is 1.86. The molecule has 1 aromatic carbocycles. The Morgan fingerprint density at radius 1 is 1.11 bits per heavy atom. The van der Waals surface area contributed by atoms with Gasteiger partial charge in [-0.15, -0.1) is 0 Å². The van der Waals surface area contributed by atoms with E-state index in [0.717, 1.165) is 19.6 Å². The molecule has 0 spiro atoms. The Bertz CT molecular complexity index is 383. The van der Waals surface area contributed by atoms with Crippen molar-refractivity contribution in [1.29, 1.82) is 0 Å². The van der Waals surface area contributed by atoms with Crippen LogP contribution in [0.15, 0.2) is 12.1 Å². The zero-order chi connectivity index (χ0) is 13.0. The van der Waals surface area contributed by atoms with Crippen molar-refractivity contribution in [3.05, 3.63) is 27.2 Å². The van der Waals surface area contributed by atoms with Gasteiger partial charge in [-0.05, 0) is 18.6 Å². The van der Waals surface area contributed by atoms with Gasteiger partial charge in [-0.1, -0.05) is 34.8 Å². The smallest absolute Gasteiger partial charge is 0.160 e. The van der Waals surface area contributed by atoms with Crippen LogP contribution in [0.3, 0.4) is 0 Å². The first-order chi connectivity index (χ1) is 8.66. The monoisotopic (exact) mass is 310 g/mol. The van der Waals surface area contributed by atoms with Gasteiger partial charge in [-0.25, -0.2) is 0 Å². The SMILES string of the molecule is Clc1cc(Cl)c(OCCC2OCCCO2)c(Cl)c1. The lowest BCUT2D eigenvalue weighted by Crippen LogP contribution is -2.26. The van der Waals surface area contributed by atoms with Crippen molar-refractivity contribution in [2.24, 2.45) is 0 Å². The molecule has 1 heterocycles. The first-order valence-corrected chi connectivity index (χ1v) is 6.81. The van der Waals surface area contributed by atoms with Crippen molar-refractivity contribution in [1.82, 2.24) is 0 Å². The molecule has 0 unspecified atom stereocenters. The summed E-state index contributed by atoms with van der Waals surface area (Å²) in [7, 11) is 0. The molecule has 0 saturated carbocycles. The minimum Gasteiger partial charge on any atom is -0.490 e. The zero-order valence-corrected chi connectivity index (χ0v) is 11.9. The van der Waals surface area contributed by atoms with Crippen molar-refractivity contribution in [3.63, 3.8) is 0 Å². The fourth-order valence-corrected chi connectivity index (χ4v) is 2.55. The second-order valence-corrected chi connectivity index (χ2v) is 5.11. The molecule has 0 aliphatic carbocycles. The fourth-order valence-electron chi connectivity index (χ4n) is 1.63. The van der Waals surface area contributed by atoms with E-state index in [-0.39, 0.29) is 6.29 Å². The predicted octanol–water partition coefficient (Wildman–Crippen LogP) is 4.18. The van der Waals surface area contributed by atoms with Gasteiger partial charge in [0.05, 0.1) is 29.9 Å². The number of hydrogen-bond acceptors (Lipinski definition) is 3. The number of benzene rings is 1. The summed E-state index contributed by atoms with van der Waals surface area (Å²) in [5, 5.41) is 1.28. The van der Waals surface area contributed by atoms with Crippen molar-refractivity contribution < 1.29 is 14.2 Å². The van der Waals surface area contributed by atoms with Crippen LogP contribution in [0.1, 0.15) is 12.8 Å². The Morgan fingerprint density at radius 2 is 1.72 bits per heavy atom. The molecule has 1 aliphatic rings. The van der Waals surface area contributed by atoms with Crippen LogP contribution in [0.5, 0.6) is 5.75 Å². The largest absolute Gasteiger partial charge is 0.490 e. The van der Waals surface area contributed by atoms with E-state index in [1.165, 1.54) is 0 Å². The molecule has 2 rings (SSSR count). The molecule has 1 fully saturated rings. The van der Waals surface area contributed by atoms with Crippen LogP contribution in [-0.2, 0) is 9.47 Å². The van der Waals surface area contributed by atoms with Gasteiger partial charge in [0.1, 0.15) is 0 Å². The average Bonchev–Trinajstić information content (AvgIpc) is 2.34. The molecule has 0 radical (unpaired) electrons. The van der Waals surface area contributed by atoms with E-state index in [1.807, 2.05) is 0 Å². The van der Waals surface area contributed by atoms with Crippen LogP contribution in [0.4, 0.5) is 0 Å². The molecule has 0 atom stereocenters. The highest BCUT2D eigenvalue weighted by Crippen LogP contribution is 2.35. The molecule has 100 valence electrons. The van der Waals surface area contributed by atoms with E-state index >= 15 is 0 Å². The molecule has 1 saturated heterocycles. The molecule has 1 aromatic rings. The summed E-state index contributed by atoms with van der Waals surface area (Å²) in [5.41, 5.74) is 0. The maximum atomic E-state index is 6.00. The topological polar surface area (TPSA) is 27.7 Å². The molecule has 0 N–H and O–H groups in total. The number of rotatable bonds is 4. The van der Waals surface area contributed by atoms with Gasteiger partial charge < -0.3 is 14.2 Å². The number of hydrogen-bond donors (Lipinski definition) is 0.